The summed E-state index contributed by atoms with van der Waals surface area (Å²) in [6, 6.07) is 16.5. The first-order valence-electron chi connectivity index (χ1n) is 9.30. The zero-order valence-electron chi connectivity index (χ0n) is 15.4. The van der Waals surface area contributed by atoms with Crippen LogP contribution < -0.4 is 5.43 Å². The van der Waals surface area contributed by atoms with E-state index in [-0.39, 0.29) is 23.9 Å². The second kappa shape index (κ2) is 11.6. The lowest BCUT2D eigenvalue weighted by Gasteiger charge is -2.04. The number of aromatic hydroxyl groups is 1. The number of hydrogen-bond donors (Lipinski definition) is 2. The minimum absolute atomic E-state index is 0.0992. The number of amides is 1. The number of hydrazone groups is 1. The van der Waals surface area contributed by atoms with Crippen molar-refractivity contribution in [1.82, 2.24) is 5.43 Å². The van der Waals surface area contributed by atoms with Crippen molar-refractivity contribution in [2.45, 2.75) is 44.9 Å². The normalized spacial score (nSPS) is 10.8. The number of carbonyl (C=O) groups excluding carboxylic acids is 2. The molecular formula is C22H26N2O3. The fourth-order valence-corrected chi connectivity index (χ4v) is 2.70. The van der Waals surface area contributed by atoms with Crippen LogP contribution in [0.1, 0.15) is 49.7 Å². The molecule has 0 heterocycles. The Morgan fingerprint density at radius 2 is 1.56 bits per heavy atom. The van der Waals surface area contributed by atoms with E-state index in [2.05, 4.69) is 10.5 Å². The molecule has 0 aliphatic rings. The highest BCUT2D eigenvalue weighted by molar-refractivity contribution is 5.82. The number of carbonyl (C=O) groups is 2. The molecule has 5 heteroatoms. The Balaban J connectivity index is 1.51. The molecule has 2 N–H and O–H groups in total. The molecule has 2 aromatic carbocycles. The first-order valence-corrected chi connectivity index (χ1v) is 9.30. The molecule has 5 nitrogen and oxygen atoms in total. The van der Waals surface area contributed by atoms with Crippen molar-refractivity contribution in [2.75, 3.05) is 0 Å². The topological polar surface area (TPSA) is 78.8 Å². The molecule has 0 atom stereocenters. The Kier molecular flexibility index (Phi) is 8.77. The lowest BCUT2D eigenvalue weighted by Crippen LogP contribution is -2.16. The number of ketones is 1. The third kappa shape index (κ3) is 8.31. The quantitative estimate of drug-likeness (QED) is 0.358. The van der Waals surface area contributed by atoms with Gasteiger partial charge >= 0.3 is 0 Å². The Morgan fingerprint density at radius 1 is 0.889 bits per heavy atom. The third-order valence-corrected chi connectivity index (χ3v) is 4.19. The first-order chi connectivity index (χ1) is 13.1. The fraction of sp³-hybridized carbons (Fsp3) is 0.318. The van der Waals surface area contributed by atoms with Crippen molar-refractivity contribution >= 4 is 17.9 Å². The van der Waals surface area contributed by atoms with Gasteiger partial charge in [0.2, 0.25) is 5.91 Å². The largest absolute Gasteiger partial charge is 0.508 e. The molecule has 0 aromatic heterocycles. The van der Waals surface area contributed by atoms with E-state index >= 15 is 0 Å². The predicted octanol–water partition coefficient (Wildman–Crippen LogP) is 3.99. The van der Waals surface area contributed by atoms with Crippen molar-refractivity contribution in [2.24, 2.45) is 5.10 Å². The summed E-state index contributed by atoms with van der Waals surface area (Å²) in [6.07, 6.45) is 6.22. The maximum atomic E-state index is 11.9. The molecule has 0 aliphatic carbocycles. The standard InChI is InChI=1S/C22H26N2O3/c25-20(16-19-12-8-9-14-21(19)26)13-6-1-2-7-15-22(27)24-23-17-18-10-4-3-5-11-18/h3-5,8-12,14,17,26H,1-2,6-7,13,15-16H2,(H,24,27)/b23-17+. The second-order valence-electron chi connectivity index (χ2n) is 6.46. The van der Waals surface area contributed by atoms with Gasteiger partial charge in [0.15, 0.2) is 0 Å². The summed E-state index contributed by atoms with van der Waals surface area (Å²) >= 11 is 0. The lowest BCUT2D eigenvalue weighted by molar-refractivity contribution is -0.121. The van der Waals surface area contributed by atoms with E-state index in [0.717, 1.165) is 31.2 Å². The number of nitrogens with zero attached hydrogens (tertiary/aromatic N) is 1. The van der Waals surface area contributed by atoms with Crippen LogP contribution in [0.25, 0.3) is 0 Å². The third-order valence-electron chi connectivity index (χ3n) is 4.19. The monoisotopic (exact) mass is 366 g/mol. The van der Waals surface area contributed by atoms with E-state index in [1.54, 1.807) is 24.4 Å². The molecule has 142 valence electrons. The van der Waals surface area contributed by atoms with Crippen LogP contribution in [-0.4, -0.2) is 23.0 Å². The minimum atomic E-state index is -0.0992. The number of unbranched alkanes of at least 4 members (excludes halogenated alkanes) is 3. The molecule has 0 saturated heterocycles. The molecule has 0 aliphatic heterocycles. The number of Topliss-reactive ketones (excluding diaryl/α,β-unsaturated/α-hetero) is 1. The van der Waals surface area contributed by atoms with Gasteiger partial charge in [0.05, 0.1) is 6.21 Å². The lowest BCUT2D eigenvalue weighted by atomic mass is 10.0. The highest BCUT2D eigenvalue weighted by Crippen LogP contribution is 2.17. The Morgan fingerprint density at radius 3 is 2.30 bits per heavy atom. The maximum Gasteiger partial charge on any atom is 0.240 e. The van der Waals surface area contributed by atoms with Gasteiger partial charge in [-0.25, -0.2) is 5.43 Å². The van der Waals surface area contributed by atoms with Crippen LogP contribution in [0, 0.1) is 0 Å². The number of phenols is 1. The van der Waals surface area contributed by atoms with Crippen LogP contribution in [-0.2, 0) is 16.0 Å². The summed E-state index contributed by atoms with van der Waals surface area (Å²) in [4.78, 5) is 23.7. The van der Waals surface area contributed by atoms with Gasteiger partial charge in [-0.15, -0.1) is 0 Å². The van der Waals surface area contributed by atoms with Crippen molar-refractivity contribution in [3.8, 4) is 5.75 Å². The van der Waals surface area contributed by atoms with Gasteiger partial charge in [0, 0.05) is 24.8 Å². The van der Waals surface area contributed by atoms with E-state index in [4.69, 9.17) is 0 Å². The number of rotatable bonds is 11. The number of benzene rings is 2. The van der Waals surface area contributed by atoms with Crippen molar-refractivity contribution < 1.29 is 14.7 Å². The second-order valence-corrected chi connectivity index (χ2v) is 6.46. The van der Waals surface area contributed by atoms with Gasteiger partial charge in [0.1, 0.15) is 11.5 Å². The Hall–Kier alpha value is -2.95. The van der Waals surface area contributed by atoms with Crippen molar-refractivity contribution in [3.05, 3.63) is 65.7 Å². The molecule has 0 unspecified atom stereocenters. The smallest absolute Gasteiger partial charge is 0.240 e. The number of hydrogen-bond acceptors (Lipinski definition) is 4. The van der Waals surface area contributed by atoms with E-state index in [1.807, 2.05) is 36.4 Å². The van der Waals surface area contributed by atoms with E-state index < -0.39 is 0 Å². The molecule has 0 fully saturated rings. The van der Waals surface area contributed by atoms with Crippen molar-refractivity contribution in [1.29, 1.82) is 0 Å². The molecule has 0 spiro atoms. The van der Waals surface area contributed by atoms with Crippen LogP contribution in [0.3, 0.4) is 0 Å². The highest BCUT2D eigenvalue weighted by Gasteiger charge is 2.07. The molecule has 2 aromatic rings. The van der Waals surface area contributed by atoms with Gasteiger partial charge in [0.25, 0.3) is 0 Å². The fourth-order valence-electron chi connectivity index (χ4n) is 2.70. The molecule has 0 bridgehead atoms. The Bertz CT molecular complexity index is 757. The van der Waals surface area contributed by atoms with Gasteiger partial charge < -0.3 is 5.11 Å². The molecule has 27 heavy (non-hydrogen) atoms. The zero-order chi connectivity index (χ0) is 19.3. The first kappa shape index (κ1) is 20.4. The summed E-state index contributed by atoms with van der Waals surface area (Å²) in [6.45, 7) is 0. The number of para-hydroxylation sites is 1. The number of nitrogens with one attached hydrogen (secondary N) is 1. The van der Waals surface area contributed by atoms with Gasteiger partial charge in [-0.3, -0.25) is 9.59 Å². The van der Waals surface area contributed by atoms with E-state index in [0.29, 0.717) is 18.4 Å². The van der Waals surface area contributed by atoms with Crippen molar-refractivity contribution in [3.63, 3.8) is 0 Å². The maximum absolute atomic E-state index is 11.9. The van der Waals surface area contributed by atoms with Gasteiger partial charge in [-0.2, -0.15) is 5.10 Å². The summed E-state index contributed by atoms with van der Waals surface area (Å²) in [5.74, 6) is 0.203. The van der Waals surface area contributed by atoms with E-state index in [1.165, 1.54) is 0 Å². The van der Waals surface area contributed by atoms with Crippen LogP contribution >= 0.6 is 0 Å². The highest BCUT2D eigenvalue weighted by atomic mass is 16.3. The summed E-state index contributed by atoms with van der Waals surface area (Å²) < 4.78 is 0. The minimum Gasteiger partial charge on any atom is -0.508 e. The molecular weight excluding hydrogens is 340 g/mol. The molecule has 0 saturated carbocycles. The molecule has 2 rings (SSSR count). The SMILES string of the molecule is O=C(CCCCCCC(=O)N/N=C/c1ccccc1)Cc1ccccc1O. The molecule has 0 radical (unpaired) electrons. The van der Waals surface area contributed by atoms with Crippen LogP contribution in [0.2, 0.25) is 0 Å². The van der Waals surface area contributed by atoms with Crippen LogP contribution in [0.15, 0.2) is 59.7 Å². The summed E-state index contributed by atoms with van der Waals surface area (Å²) in [7, 11) is 0. The van der Waals surface area contributed by atoms with Gasteiger partial charge in [-0.05, 0) is 24.5 Å². The van der Waals surface area contributed by atoms with Crippen LogP contribution in [0.4, 0.5) is 0 Å². The average molecular weight is 366 g/mol. The predicted molar refractivity (Wildman–Crippen MR) is 107 cm³/mol. The zero-order valence-corrected chi connectivity index (χ0v) is 15.4. The summed E-state index contributed by atoms with van der Waals surface area (Å²) in [5, 5.41) is 13.6. The summed E-state index contributed by atoms with van der Waals surface area (Å²) in [5.41, 5.74) is 4.14. The van der Waals surface area contributed by atoms with E-state index in [9.17, 15) is 14.7 Å². The van der Waals surface area contributed by atoms with Gasteiger partial charge in [-0.1, -0.05) is 61.4 Å². The van der Waals surface area contributed by atoms with Crippen LogP contribution in [0.5, 0.6) is 5.75 Å². The molecule has 1 amide bonds. The Labute approximate surface area is 160 Å². The average Bonchev–Trinajstić information content (AvgIpc) is 2.67. The number of phenolic OH excluding ortho intramolecular Hbond substituents is 1.